The molecule has 3 atom stereocenters. The van der Waals surface area contributed by atoms with Crippen molar-refractivity contribution in [2.45, 2.75) is 37.8 Å². The maximum Gasteiger partial charge on any atom is 0.264 e. The van der Waals surface area contributed by atoms with E-state index in [1.807, 2.05) is 18.2 Å². The number of halogens is 1. The van der Waals surface area contributed by atoms with Gasteiger partial charge in [0, 0.05) is 42.1 Å². The smallest absolute Gasteiger partial charge is 0.264 e. The van der Waals surface area contributed by atoms with Crippen LogP contribution in [0, 0.1) is 5.92 Å². The summed E-state index contributed by atoms with van der Waals surface area (Å²) < 4.78 is 30.1. The second-order valence-electron chi connectivity index (χ2n) is 9.20. The summed E-state index contributed by atoms with van der Waals surface area (Å²) >= 11 is 6.28. The Hall–Kier alpha value is -2.89. The van der Waals surface area contributed by atoms with Gasteiger partial charge in [-0.2, -0.15) is 13.4 Å². The summed E-state index contributed by atoms with van der Waals surface area (Å²) in [5.74, 6) is -0.896. The molecule has 1 amide bonds. The fourth-order valence-electron chi connectivity index (χ4n) is 5.02. The Kier molecular flexibility index (Phi) is 5.89. The molecule has 186 valence electrons. The third kappa shape index (κ3) is 4.32. The molecule has 5 rings (SSSR count). The van der Waals surface area contributed by atoms with Crippen molar-refractivity contribution in [3.8, 4) is 0 Å². The van der Waals surface area contributed by atoms with Crippen LogP contribution in [0.4, 0.5) is 11.8 Å². The van der Waals surface area contributed by atoms with Crippen LogP contribution < -0.4 is 10.2 Å². The van der Waals surface area contributed by atoms with Gasteiger partial charge in [0.25, 0.3) is 10.1 Å². The van der Waals surface area contributed by atoms with Crippen LogP contribution in [0.15, 0.2) is 24.3 Å². The summed E-state index contributed by atoms with van der Waals surface area (Å²) in [5, 5.41) is 4.67. The first-order valence-electron chi connectivity index (χ1n) is 11.3. The van der Waals surface area contributed by atoms with Crippen LogP contribution in [-0.2, 0) is 32.6 Å². The highest BCUT2D eigenvalue weighted by atomic mass is 35.5. The zero-order valence-electron chi connectivity index (χ0n) is 19.5. The Balaban J connectivity index is 1.42. The molecule has 1 saturated carbocycles. The summed E-state index contributed by atoms with van der Waals surface area (Å²) in [6.45, 7) is 0. The fraction of sp³-hybridized carbons (Fsp3) is 0.435. The molecule has 1 aliphatic heterocycles. The molecule has 3 heterocycles. The molecule has 3 aromatic rings. The molecule has 35 heavy (non-hydrogen) atoms. The number of hydrogen-bond acceptors (Lipinski definition) is 7. The number of nitrogens with zero attached hydrogens (tertiary/aromatic N) is 3. The number of H-pyrrole nitrogens is 1. The maximum atomic E-state index is 13.5. The van der Waals surface area contributed by atoms with E-state index in [1.54, 1.807) is 24.7 Å². The van der Waals surface area contributed by atoms with Crippen LogP contribution in [0.25, 0.3) is 10.9 Å². The number of imidazole rings is 1. The van der Waals surface area contributed by atoms with Crippen LogP contribution in [0.5, 0.6) is 0 Å². The molecule has 2 aliphatic rings. The number of rotatable bonds is 6. The van der Waals surface area contributed by atoms with E-state index in [2.05, 4.69) is 15.3 Å². The molecular formula is C23H26ClN5O5S. The topological polar surface area (TPSA) is 126 Å². The van der Waals surface area contributed by atoms with Gasteiger partial charge in [-0.1, -0.05) is 17.7 Å². The van der Waals surface area contributed by atoms with Crippen LogP contribution in [-0.4, -0.2) is 60.1 Å². The predicted octanol–water partition coefficient (Wildman–Crippen LogP) is 2.88. The Bertz CT molecular complexity index is 1450. The van der Waals surface area contributed by atoms with Crippen molar-refractivity contribution in [2.24, 2.45) is 13.0 Å². The zero-order valence-corrected chi connectivity index (χ0v) is 21.1. The van der Waals surface area contributed by atoms with Gasteiger partial charge in [-0.15, -0.1) is 0 Å². The Morgan fingerprint density at radius 2 is 2.03 bits per heavy atom. The number of nitrogens with one attached hydrogen (secondary N) is 2. The minimum atomic E-state index is -3.61. The first-order chi connectivity index (χ1) is 16.5. The third-order valence-electron chi connectivity index (χ3n) is 6.73. The normalized spacial score (nSPS) is 22.7. The van der Waals surface area contributed by atoms with E-state index in [4.69, 9.17) is 15.8 Å². The highest BCUT2D eigenvalue weighted by Crippen LogP contribution is 2.35. The van der Waals surface area contributed by atoms with Crippen LogP contribution >= 0.6 is 11.6 Å². The summed E-state index contributed by atoms with van der Waals surface area (Å²) in [5.41, 5.74) is 1.91. The molecule has 0 bridgehead atoms. The largest absolute Gasteiger partial charge is 0.358 e. The van der Waals surface area contributed by atoms with E-state index in [0.717, 1.165) is 29.3 Å². The molecule has 1 aliphatic carbocycles. The van der Waals surface area contributed by atoms with E-state index in [-0.39, 0.29) is 30.0 Å². The number of carbonyl (C=O) groups is 2. The average molecular weight is 520 g/mol. The SMILES string of the molecule is CN1C(=O)C(Cc2cc3c(Cl)cccc3[nH]2)C(=O)c2c1nc(NC1CCC[C@H]1OS(C)(=O)=O)n2C. The molecule has 1 aromatic carbocycles. The van der Waals surface area contributed by atoms with E-state index in [1.165, 1.54) is 4.90 Å². The van der Waals surface area contributed by atoms with Crippen molar-refractivity contribution in [3.63, 3.8) is 0 Å². The molecule has 0 spiro atoms. The van der Waals surface area contributed by atoms with Gasteiger partial charge in [0.2, 0.25) is 11.9 Å². The first-order valence-corrected chi connectivity index (χ1v) is 13.5. The van der Waals surface area contributed by atoms with E-state index < -0.39 is 22.1 Å². The second kappa shape index (κ2) is 8.65. The van der Waals surface area contributed by atoms with Crippen LogP contribution in [0.2, 0.25) is 5.02 Å². The van der Waals surface area contributed by atoms with E-state index in [9.17, 15) is 18.0 Å². The Morgan fingerprint density at radius 3 is 2.74 bits per heavy atom. The maximum absolute atomic E-state index is 13.5. The van der Waals surface area contributed by atoms with Crippen LogP contribution in [0.3, 0.4) is 0 Å². The van der Waals surface area contributed by atoms with E-state index in [0.29, 0.717) is 29.5 Å². The molecule has 0 saturated heterocycles. The molecule has 2 unspecified atom stereocenters. The monoisotopic (exact) mass is 519 g/mol. The van der Waals surface area contributed by atoms with Crippen molar-refractivity contribution in [1.29, 1.82) is 0 Å². The standard InChI is InChI=1S/C23H26ClN5O5S/c1-28-19-20(30)14(11-12-10-13-15(24)6-4-7-16(13)25-12)22(31)29(2)21(19)27-23(28)26-17-8-5-9-18(17)34-35(3,32)33/h4,6-7,10,14,17-18,25H,5,8-9,11H2,1-3H3,(H,26,27)/t14?,17?,18-/m1/s1. The quantitative estimate of drug-likeness (QED) is 0.378. The number of benzene rings is 1. The highest BCUT2D eigenvalue weighted by Gasteiger charge is 2.42. The molecule has 2 N–H and O–H groups in total. The molecule has 0 radical (unpaired) electrons. The molecule has 1 fully saturated rings. The number of ketones is 1. The molecular weight excluding hydrogens is 494 g/mol. The van der Waals surface area contributed by atoms with Crippen molar-refractivity contribution in [2.75, 3.05) is 23.5 Å². The van der Waals surface area contributed by atoms with Gasteiger partial charge in [0.1, 0.15) is 11.6 Å². The Labute approximate surface area is 207 Å². The molecule has 2 aromatic heterocycles. The van der Waals surface area contributed by atoms with Gasteiger partial charge in [-0.25, -0.2) is 0 Å². The minimum Gasteiger partial charge on any atom is -0.358 e. The lowest BCUT2D eigenvalue weighted by Gasteiger charge is -2.27. The first kappa shape index (κ1) is 23.8. The number of hydrogen-bond donors (Lipinski definition) is 2. The van der Waals surface area contributed by atoms with Gasteiger partial charge in [-0.05, 0) is 37.5 Å². The van der Waals surface area contributed by atoms with Gasteiger partial charge in [0.05, 0.1) is 18.4 Å². The van der Waals surface area contributed by atoms with Gasteiger partial charge >= 0.3 is 0 Å². The Morgan fingerprint density at radius 1 is 1.26 bits per heavy atom. The molecule has 10 nitrogen and oxygen atoms in total. The number of aromatic amines is 1. The van der Waals surface area contributed by atoms with E-state index >= 15 is 0 Å². The van der Waals surface area contributed by atoms with Gasteiger partial charge < -0.3 is 14.9 Å². The number of amides is 1. The summed E-state index contributed by atoms with van der Waals surface area (Å²) in [7, 11) is -0.298. The van der Waals surface area contributed by atoms with Crippen molar-refractivity contribution < 1.29 is 22.2 Å². The van der Waals surface area contributed by atoms with Crippen molar-refractivity contribution in [3.05, 3.63) is 40.7 Å². The second-order valence-corrected chi connectivity index (χ2v) is 11.2. The predicted molar refractivity (Wildman–Crippen MR) is 132 cm³/mol. The van der Waals surface area contributed by atoms with Crippen molar-refractivity contribution >= 4 is 56.1 Å². The number of anilines is 2. The molecule has 12 heteroatoms. The van der Waals surface area contributed by atoms with Gasteiger partial charge in [-0.3, -0.25) is 18.7 Å². The van der Waals surface area contributed by atoms with Crippen LogP contribution in [0.1, 0.15) is 35.4 Å². The van der Waals surface area contributed by atoms with Gasteiger partial charge in [0.15, 0.2) is 11.6 Å². The highest BCUT2D eigenvalue weighted by molar-refractivity contribution is 7.86. The van der Waals surface area contributed by atoms with Crippen molar-refractivity contribution in [1.82, 2.24) is 14.5 Å². The summed E-state index contributed by atoms with van der Waals surface area (Å²) in [4.78, 5) is 35.8. The zero-order chi connectivity index (χ0) is 25.1. The lowest BCUT2D eigenvalue weighted by Crippen LogP contribution is -2.44. The third-order valence-corrected chi connectivity index (χ3v) is 7.66. The number of Topliss-reactive ketones (excluding diaryl/α,β-unsaturated/α-hetero) is 1. The average Bonchev–Trinajstić information content (AvgIpc) is 3.48. The fourth-order valence-corrected chi connectivity index (χ4v) is 5.93. The summed E-state index contributed by atoms with van der Waals surface area (Å²) in [6, 6.07) is 7.10. The minimum absolute atomic E-state index is 0.202. The lowest BCUT2D eigenvalue weighted by atomic mass is 9.91. The number of fused-ring (bicyclic) bond motifs is 2. The number of carbonyl (C=O) groups excluding carboxylic acids is 2. The summed E-state index contributed by atoms with van der Waals surface area (Å²) in [6.07, 6.45) is 2.82. The number of aromatic nitrogens is 3. The lowest BCUT2D eigenvalue weighted by molar-refractivity contribution is -0.121.